The monoisotopic (exact) mass is 306 g/mol. The molecule has 118 valence electrons. The maximum absolute atomic E-state index is 12.1. The molecule has 0 aromatic heterocycles. The molecule has 2 amide bonds. The van der Waals surface area contributed by atoms with Crippen LogP contribution in [0.5, 0.6) is 0 Å². The Morgan fingerprint density at radius 2 is 1.55 bits per heavy atom. The lowest BCUT2D eigenvalue weighted by Gasteiger charge is -2.36. The molecule has 0 aliphatic carbocycles. The molecular formula is C13H27ClN4O2. The van der Waals surface area contributed by atoms with Crippen LogP contribution in [0.3, 0.4) is 0 Å². The molecule has 1 rings (SSSR count). The molecule has 1 unspecified atom stereocenters. The number of hydrogen-bond acceptors (Lipinski definition) is 4. The normalized spacial score (nSPS) is 16.9. The average molecular weight is 307 g/mol. The summed E-state index contributed by atoms with van der Waals surface area (Å²) in [6.07, 6.45) is 0. The first-order valence-electron chi connectivity index (χ1n) is 7.04. The van der Waals surface area contributed by atoms with E-state index in [2.05, 4.69) is 18.7 Å². The summed E-state index contributed by atoms with van der Waals surface area (Å²) in [5, 5.41) is 0. The smallest absolute Gasteiger partial charge is 0.239 e. The third-order valence-electron chi connectivity index (χ3n) is 3.59. The van der Waals surface area contributed by atoms with Crippen LogP contribution in [-0.4, -0.2) is 78.4 Å². The summed E-state index contributed by atoms with van der Waals surface area (Å²) in [6, 6.07) is -0.460. The van der Waals surface area contributed by atoms with Crippen LogP contribution in [0.2, 0.25) is 0 Å². The molecule has 1 aliphatic rings. The van der Waals surface area contributed by atoms with Crippen molar-refractivity contribution in [1.82, 2.24) is 14.7 Å². The molecule has 0 bridgehead atoms. The third kappa shape index (κ3) is 5.26. The lowest BCUT2D eigenvalue weighted by atomic mass is 10.2. The summed E-state index contributed by atoms with van der Waals surface area (Å²) in [5.74, 6) is 0.118. The van der Waals surface area contributed by atoms with Crippen LogP contribution in [0, 0.1) is 0 Å². The molecule has 1 saturated heterocycles. The van der Waals surface area contributed by atoms with Crippen molar-refractivity contribution in [3.8, 4) is 0 Å². The largest absolute Gasteiger partial charge is 0.338 e. The lowest BCUT2D eigenvalue weighted by molar-refractivity contribution is -0.140. The van der Waals surface area contributed by atoms with E-state index < -0.39 is 6.04 Å². The SMILES string of the molecule is CCN(CC)CC(=O)N1CCN(C(=O)C(C)N)CC1.Cl. The van der Waals surface area contributed by atoms with Crippen LogP contribution in [0.15, 0.2) is 0 Å². The predicted octanol–water partition coefficient (Wildman–Crippen LogP) is -0.232. The van der Waals surface area contributed by atoms with E-state index in [9.17, 15) is 9.59 Å². The summed E-state index contributed by atoms with van der Waals surface area (Å²) < 4.78 is 0. The van der Waals surface area contributed by atoms with E-state index in [4.69, 9.17) is 5.73 Å². The minimum atomic E-state index is -0.460. The Kier molecular flexibility index (Phi) is 8.76. The molecule has 0 spiro atoms. The fourth-order valence-electron chi connectivity index (χ4n) is 2.20. The number of piperazine rings is 1. The highest BCUT2D eigenvalue weighted by Crippen LogP contribution is 2.04. The molecule has 20 heavy (non-hydrogen) atoms. The van der Waals surface area contributed by atoms with Gasteiger partial charge in [-0.2, -0.15) is 0 Å². The zero-order valence-corrected chi connectivity index (χ0v) is 13.5. The third-order valence-corrected chi connectivity index (χ3v) is 3.59. The van der Waals surface area contributed by atoms with Gasteiger partial charge in [-0.1, -0.05) is 13.8 Å². The van der Waals surface area contributed by atoms with Crippen molar-refractivity contribution < 1.29 is 9.59 Å². The van der Waals surface area contributed by atoms with Crippen molar-refractivity contribution in [3.05, 3.63) is 0 Å². The van der Waals surface area contributed by atoms with E-state index in [1.54, 1.807) is 11.8 Å². The molecule has 2 N–H and O–H groups in total. The predicted molar refractivity (Wildman–Crippen MR) is 81.8 cm³/mol. The van der Waals surface area contributed by atoms with Crippen LogP contribution in [0.25, 0.3) is 0 Å². The maximum atomic E-state index is 12.1. The van der Waals surface area contributed by atoms with Gasteiger partial charge in [0, 0.05) is 26.2 Å². The maximum Gasteiger partial charge on any atom is 0.239 e. The van der Waals surface area contributed by atoms with Gasteiger partial charge in [0.2, 0.25) is 11.8 Å². The number of amides is 2. The van der Waals surface area contributed by atoms with Crippen LogP contribution in [-0.2, 0) is 9.59 Å². The number of halogens is 1. The number of nitrogens with two attached hydrogens (primary N) is 1. The molecule has 0 aromatic carbocycles. The van der Waals surface area contributed by atoms with Gasteiger partial charge in [0.05, 0.1) is 12.6 Å². The topological polar surface area (TPSA) is 69.9 Å². The van der Waals surface area contributed by atoms with E-state index >= 15 is 0 Å². The van der Waals surface area contributed by atoms with E-state index in [1.165, 1.54) is 0 Å². The van der Waals surface area contributed by atoms with Crippen LogP contribution >= 0.6 is 12.4 Å². The summed E-state index contributed by atoms with van der Waals surface area (Å²) >= 11 is 0. The van der Waals surface area contributed by atoms with Crippen molar-refractivity contribution >= 4 is 24.2 Å². The Bertz CT molecular complexity index is 313. The van der Waals surface area contributed by atoms with Gasteiger partial charge in [-0.05, 0) is 20.0 Å². The first-order chi connectivity index (χ1) is 8.99. The quantitative estimate of drug-likeness (QED) is 0.762. The van der Waals surface area contributed by atoms with Gasteiger partial charge < -0.3 is 15.5 Å². The Labute approximate surface area is 127 Å². The number of nitrogens with zero attached hydrogens (tertiary/aromatic N) is 3. The molecular weight excluding hydrogens is 280 g/mol. The highest BCUT2D eigenvalue weighted by molar-refractivity contribution is 5.85. The van der Waals surface area contributed by atoms with Crippen molar-refractivity contribution in [2.75, 3.05) is 45.8 Å². The van der Waals surface area contributed by atoms with Crippen molar-refractivity contribution in [2.24, 2.45) is 5.73 Å². The number of carbonyl (C=O) groups is 2. The summed E-state index contributed by atoms with van der Waals surface area (Å²) in [7, 11) is 0. The van der Waals surface area contributed by atoms with Gasteiger partial charge in [-0.15, -0.1) is 12.4 Å². The van der Waals surface area contributed by atoms with Crippen molar-refractivity contribution in [1.29, 1.82) is 0 Å². The van der Waals surface area contributed by atoms with E-state index in [0.717, 1.165) is 13.1 Å². The van der Waals surface area contributed by atoms with Gasteiger partial charge in [0.25, 0.3) is 0 Å². The molecule has 1 aliphatic heterocycles. The zero-order valence-electron chi connectivity index (χ0n) is 12.7. The number of likely N-dealkylation sites (N-methyl/N-ethyl adjacent to an activating group) is 1. The summed E-state index contributed by atoms with van der Waals surface area (Å²) in [5.41, 5.74) is 5.58. The summed E-state index contributed by atoms with van der Waals surface area (Å²) in [6.45, 7) is 10.4. The van der Waals surface area contributed by atoms with Gasteiger partial charge in [-0.25, -0.2) is 0 Å². The van der Waals surface area contributed by atoms with Gasteiger partial charge in [0.15, 0.2) is 0 Å². The first kappa shape index (κ1) is 19.1. The van der Waals surface area contributed by atoms with E-state index in [1.807, 2.05) is 4.90 Å². The zero-order chi connectivity index (χ0) is 14.4. The minimum absolute atomic E-state index is 0. The van der Waals surface area contributed by atoms with Crippen molar-refractivity contribution in [3.63, 3.8) is 0 Å². The molecule has 7 heteroatoms. The Balaban J connectivity index is 0.00000361. The molecule has 6 nitrogen and oxygen atoms in total. The van der Waals surface area contributed by atoms with Crippen LogP contribution < -0.4 is 5.73 Å². The number of carbonyl (C=O) groups excluding carboxylic acids is 2. The first-order valence-corrected chi connectivity index (χ1v) is 7.04. The lowest BCUT2D eigenvalue weighted by Crippen LogP contribution is -2.55. The molecule has 0 aromatic rings. The molecule has 1 atom stereocenters. The summed E-state index contributed by atoms with van der Waals surface area (Å²) in [4.78, 5) is 29.5. The van der Waals surface area contributed by atoms with Gasteiger partial charge in [-0.3, -0.25) is 14.5 Å². The second kappa shape index (κ2) is 9.15. The molecule has 1 heterocycles. The molecule has 0 saturated carbocycles. The number of hydrogen-bond donors (Lipinski definition) is 1. The van der Waals surface area contributed by atoms with Gasteiger partial charge >= 0.3 is 0 Å². The second-order valence-electron chi connectivity index (χ2n) is 4.96. The van der Waals surface area contributed by atoms with Crippen molar-refractivity contribution in [2.45, 2.75) is 26.8 Å². The molecule has 0 radical (unpaired) electrons. The number of rotatable bonds is 5. The molecule has 1 fully saturated rings. The second-order valence-corrected chi connectivity index (χ2v) is 4.96. The highest BCUT2D eigenvalue weighted by atomic mass is 35.5. The Morgan fingerprint density at radius 1 is 1.10 bits per heavy atom. The Morgan fingerprint density at radius 3 is 1.95 bits per heavy atom. The fraction of sp³-hybridized carbons (Fsp3) is 0.846. The standard InChI is InChI=1S/C13H26N4O2.ClH/c1-4-15(5-2)10-12(18)16-6-8-17(9-7-16)13(19)11(3)14;/h11H,4-10,14H2,1-3H3;1H. The minimum Gasteiger partial charge on any atom is -0.338 e. The fourth-order valence-corrected chi connectivity index (χ4v) is 2.20. The average Bonchev–Trinajstić information content (AvgIpc) is 2.43. The van der Waals surface area contributed by atoms with E-state index in [-0.39, 0.29) is 24.2 Å². The van der Waals surface area contributed by atoms with Gasteiger partial charge in [0.1, 0.15) is 0 Å². The Hall–Kier alpha value is -0.850. The highest BCUT2D eigenvalue weighted by Gasteiger charge is 2.25. The van der Waals surface area contributed by atoms with E-state index in [0.29, 0.717) is 32.7 Å². The van der Waals surface area contributed by atoms with Crippen LogP contribution in [0.4, 0.5) is 0 Å². The van der Waals surface area contributed by atoms with Crippen LogP contribution in [0.1, 0.15) is 20.8 Å².